The van der Waals surface area contributed by atoms with E-state index in [1.54, 1.807) is 6.08 Å². The van der Waals surface area contributed by atoms with Crippen molar-refractivity contribution in [1.29, 1.82) is 0 Å². The first kappa shape index (κ1) is 25.6. The maximum atomic E-state index is 13.1. The van der Waals surface area contributed by atoms with Crippen LogP contribution >= 0.6 is 24.0 Å². The van der Waals surface area contributed by atoms with Crippen molar-refractivity contribution >= 4 is 46.3 Å². The van der Waals surface area contributed by atoms with E-state index in [-0.39, 0.29) is 19.1 Å². The fourth-order valence-corrected chi connectivity index (χ4v) is 4.78. The minimum atomic E-state index is -1.21. The summed E-state index contributed by atoms with van der Waals surface area (Å²) in [5.74, 6) is -0.871. The van der Waals surface area contributed by atoms with Gasteiger partial charge in [0.25, 0.3) is 5.91 Å². The van der Waals surface area contributed by atoms with E-state index < -0.39 is 12.1 Å². The summed E-state index contributed by atoms with van der Waals surface area (Å²) in [6.07, 6.45) is 0.516. The lowest BCUT2D eigenvalue weighted by Crippen LogP contribution is -2.40. The van der Waals surface area contributed by atoms with Crippen molar-refractivity contribution in [2.75, 3.05) is 6.54 Å². The second-order valence-electron chi connectivity index (χ2n) is 8.23. The molecule has 1 N–H and O–H groups in total. The number of nitrogens with zero attached hydrogens (tertiary/aromatic N) is 1. The zero-order valence-corrected chi connectivity index (χ0v) is 21.3. The maximum Gasteiger partial charge on any atom is 0.334 e. The largest absolute Gasteiger partial charge is 0.488 e. The molecule has 0 aliphatic carbocycles. The Kier molecular flexibility index (Phi) is 8.53. The molecule has 0 radical (unpaired) electrons. The molecule has 8 heteroatoms. The number of aliphatic carboxylic acids is 1. The Bertz CT molecular complexity index is 1270. The Balaban J connectivity index is 1.45. The molecule has 0 saturated carbocycles. The molecule has 0 spiro atoms. The number of amides is 1. The van der Waals surface area contributed by atoms with Crippen molar-refractivity contribution in [1.82, 2.24) is 4.90 Å². The number of ether oxygens (including phenoxy) is 2. The van der Waals surface area contributed by atoms with Crippen LogP contribution in [0.15, 0.2) is 83.8 Å². The molecule has 3 aromatic carbocycles. The van der Waals surface area contributed by atoms with Gasteiger partial charge in [-0.25, -0.2) is 4.79 Å². The summed E-state index contributed by atoms with van der Waals surface area (Å²) in [5, 5.41) is 9.65. The smallest absolute Gasteiger partial charge is 0.334 e. The van der Waals surface area contributed by atoms with Crippen molar-refractivity contribution in [3.8, 4) is 5.75 Å². The number of thiocarbonyl (C=S) groups is 1. The van der Waals surface area contributed by atoms with Gasteiger partial charge < -0.3 is 14.6 Å². The lowest BCUT2D eigenvalue weighted by atomic mass is 10.1. The Hall–Kier alpha value is -3.46. The number of carbonyl (C=O) groups is 2. The second-order valence-corrected chi connectivity index (χ2v) is 9.90. The summed E-state index contributed by atoms with van der Waals surface area (Å²) in [6.45, 7) is 2.37. The number of thioether (sulfide) groups is 1. The third-order valence-corrected chi connectivity index (χ3v) is 6.89. The molecular weight excluding hydrogens is 494 g/mol. The highest BCUT2D eigenvalue weighted by atomic mass is 32.2. The average molecular weight is 520 g/mol. The first-order chi connectivity index (χ1) is 17.4. The van der Waals surface area contributed by atoms with Gasteiger partial charge in [0.05, 0.1) is 18.1 Å². The van der Waals surface area contributed by atoms with Gasteiger partial charge in [-0.2, -0.15) is 0 Å². The summed E-state index contributed by atoms with van der Waals surface area (Å²) in [7, 11) is 0. The maximum absolute atomic E-state index is 13.1. The standard InChI is InChI=1S/C28H25NO5S2/c1-19-11-13-21(14-12-19)18-33-23-10-6-5-9-22(23)15-25-26(30)29(28(35)36-25)16-24(27(31)32)34-17-20-7-3-2-4-8-20/h2-15,24H,16-18H2,1H3,(H,31,32). The minimum Gasteiger partial charge on any atom is -0.488 e. The van der Waals surface area contributed by atoms with E-state index in [1.165, 1.54) is 10.5 Å². The average Bonchev–Trinajstić information content (AvgIpc) is 3.14. The van der Waals surface area contributed by atoms with Gasteiger partial charge >= 0.3 is 5.97 Å². The fourth-order valence-electron chi connectivity index (χ4n) is 3.51. The zero-order valence-electron chi connectivity index (χ0n) is 19.6. The summed E-state index contributed by atoms with van der Waals surface area (Å²) < 4.78 is 11.9. The van der Waals surface area contributed by atoms with Crippen LogP contribution in [0.1, 0.15) is 22.3 Å². The highest BCUT2D eigenvalue weighted by Gasteiger charge is 2.36. The third kappa shape index (κ3) is 6.60. The number of benzene rings is 3. The van der Waals surface area contributed by atoms with Crippen molar-refractivity contribution < 1.29 is 24.2 Å². The third-order valence-electron chi connectivity index (χ3n) is 5.51. The van der Waals surface area contributed by atoms with Crippen LogP contribution in [-0.4, -0.2) is 38.9 Å². The lowest BCUT2D eigenvalue weighted by Gasteiger charge is -2.20. The Morgan fingerprint density at radius 1 is 1.00 bits per heavy atom. The van der Waals surface area contributed by atoms with Crippen LogP contribution in [-0.2, 0) is 27.5 Å². The van der Waals surface area contributed by atoms with Gasteiger partial charge in [-0.05, 0) is 30.2 Å². The van der Waals surface area contributed by atoms with Crippen molar-refractivity contribution in [2.24, 2.45) is 0 Å². The van der Waals surface area contributed by atoms with Gasteiger partial charge in [0.1, 0.15) is 16.7 Å². The van der Waals surface area contributed by atoms with E-state index in [1.807, 2.05) is 85.8 Å². The van der Waals surface area contributed by atoms with Crippen LogP contribution in [0.3, 0.4) is 0 Å². The van der Waals surface area contributed by atoms with Crippen LogP contribution in [0.4, 0.5) is 0 Å². The number of hydrogen-bond donors (Lipinski definition) is 1. The van der Waals surface area contributed by atoms with Crippen molar-refractivity contribution in [3.05, 3.63) is 106 Å². The van der Waals surface area contributed by atoms with E-state index in [0.717, 1.165) is 28.5 Å². The highest BCUT2D eigenvalue weighted by Crippen LogP contribution is 2.34. The number of carboxylic acid groups (broad SMARTS) is 1. The zero-order chi connectivity index (χ0) is 25.5. The molecule has 4 rings (SSSR count). The number of rotatable bonds is 10. The van der Waals surface area contributed by atoms with Crippen LogP contribution in [0, 0.1) is 6.92 Å². The summed E-state index contributed by atoms with van der Waals surface area (Å²) in [5.41, 5.74) is 3.80. The minimum absolute atomic E-state index is 0.119. The molecule has 1 fully saturated rings. The monoisotopic (exact) mass is 519 g/mol. The second kappa shape index (κ2) is 12.0. The molecule has 0 bridgehead atoms. The topological polar surface area (TPSA) is 76.1 Å². The lowest BCUT2D eigenvalue weighted by molar-refractivity contribution is -0.152. The number of para-hydroxylation sites is 1. The molecule has 1 saturated heterocycles. The molecular formula is C28H25NO5S2. The van der Waals surface area contributed by atoms with Gasteiger partial charge in [-0.1, -0.05) is 102 Å². The van der Waals surface area contributed by atoms with E-state index in [2.05, 4.69) is 0 Å². The van der Waals surface area contributed by atoms with E-state index in [4.69, 9.17) is 21.7 Å². The Morgan fingerprint density at radius 3 is 2.39 bits per heavy atom. The predicted molar refractivity (Wildman–Crippen MR) is 144 cm³/mol. The molecule has 1 aliphatic rings. The van der Waals surface area contributed by atoms with E-state index in [0.29, 0.717) is 21.6 Å². The number of carbonyl (C=O) groups excluding carboxylic acids is 1. The molecule has 1 unspecified atom stereocenters. The molecule has 6 nitrogen and oxygen atoms in total. The Morgan fingerprint density at radius 2 is 1.67 bits per heavy atom. The predicted octanol–water partition coefficient (Wildman–Crippen LogP) is 5.45. The van der Waals surface area contributed by atoms with Crippen LogP contribution in [0.5, 0.6) is 5.75 Å². The molecule has 1 heterocycles. The molecule has 1 amide bonds. The first-order valence-electron chi connectivity index (χ1n) is 11.3. The molecule has 1 aliphatic heterocycles. The highest BCUT2D eigenvalue weighted by molar-refractivity contribution is 8.26. The van der Waals surface area contributed by atoms with Crippen LogP contribution in [0.25, 0.3) is 6.08 Å². The summed E-state index contributed by atoms with van der Waals surface area (Å²) in [6, 6.07) is 24.8. The normalized spacial score (nSPS) is 15.4. The number of hydrogen-bond acceptors (Lipinski definition) is 6. The van der Waals surface area contributed by atoms with Crippen LogP contribution < -0.4 is 4.74 Å². The number of aryl methyl sites for hydroxylation is 1. The first-order valence-corrected chi connectivity index (χ1v) is 12.5. The van der Waals surface area contributed by atoms with Gasteiger partial charge in [-0.15, -0.1) is 0 Å². The summed E-state index contributed by atoms with van der Waals surface area (Å²) in [4.78, 5) is 26.6. The van der Waals surface area contributed by atoms with Gasteiger partial charge in [0, 0.05) is 5.56 Å². The molecule has 184 valence electrons. The van der Waals surface area contributed by atoms with E-state index in [9.17, 15) is 14.7 Å². The SMILES string of the molecule is Cc1ccc(COc2ccccc2C=C2SC(=S)N(CC(OCc3ccccc3)C(=O)O)C2=O)cc1. The van der Waals surface area contributed by atoms with Gasteiger partial charge in [0.2, 0.25) is 0 Å². The molecule has 36 heavy (non-hydrogen) atoms. The molecule has 0 aromatic heterocycles. The van der Waals surface area contributed by atoms with Crippen molar-refractivity contribution in [2.45, 2.75) is 26.2 Å². The van der Waals surface area contributed by atoms with E-state index >= 15 is 0 Å². The fraction of sp³-hybridized carbons (Fsp3) is 0.179. The molecule has 1 atom stereocenters. The van der Waals surface area contributed by atoms with Gasteiger partial charge in [0.15, 0.2) is 6.10 Å². The number of carboxylic acids is 1. The molecule has 3 aromatic rings. The summed E-state index contributed by atoms with van der Waals surface area (Å²) >= 11 is 6.53. The van der Waals surface area contributed by atoms with Crippen molar-refractivity contribution in [3.63, 3.8) is 0 Å². The van der Waals surface area contributed by atoms with Gasteiger partial charge in [-0.3, -0.25) is 9.69 Å². The van der Waals surface area contributed by atoms with Crippen LogP contribution in [0.2, 0.25) is 0 Å². The Labute approximate surface area is 219 Å². The quantitative estimate of drug-likeness (QED) is 0.282.